The minimum Gasteiger partial charge on any atom is -0.492 e. The maximum absolute atomic E-state index is 12.5. The molecule has 0 unspecified atom stereocenters. The third kappa shape index (κ3) is 8.82. The van der Waals surface area contributed by atoms with E-state index >= 15 is 0 Å². The molecule has 37 heavy (non-hydrogen) atoms. The lowest BCUT2D eigenvalue weighted by molar-refractivity contribution is -0.262. The van der Waals surface area contributed by atoms with Crippen LogP contribution in [0.2, 0.25) is 0 Å². The van der Waals surface area contributed by atoms with Gasteiger partial charge in [-0.3, -0.25) is 0 Å². The molecule has 0 aliphatic carbocycles. The number of nitriles is 1. The Kier molecular flexibility index (Phi) is 8.86. The van der Waals surface area contributed by atoms with Crippen LogP contribution in [0.1, 0.15) is 63.3 Å². The maximum atomic E-state index is 12.5. The van der Waals surface area contributed by atoms with E-state index < -0.39 is 23.0 Å². The average molecular weight is 505 g/mol. The number of carbonyl (C=O) groups is 1. The summed E-state index contributed by atoms with van der Waals surface area (Å²) in [4.78, 5) is 12.5. The van der Waals surface area contributed by atoms with Crippen molar-refractivity contribution in [3.05, 3.63) is 64.7 Å². The van der Waals surface area contributed by atoms with Crippen LogP contribution >= 0.6 is 0 Å². The first-order valence-corrected chi connectivity index (χ1v) is 12.4. The van der Waals surface area contributed by atoms with E-state index in [-0.39, 0.29) is 13.2 Å². The number of rotatable bonds is 6. The van der Waals surface area contributed by atoms with E-state index in [9.17, 15) is 10.1 Å². The maximum Gasteiger partial charge on any atom is 0.409 e. The quantitative estimate of drug-likeness (QED) is 0.425. The van der Waals surface area contributed by atoms with Crippen molar-refractivity contribution < 1.29 is 23.7 Å². The molecule has 2 aromatic rings. The van der Waals surface area contributed by atoms with Crippen LogP contribution in [0.3, 0.4) is 0 Å². The van der Waals surface area contributed by atoms with Gasteiger partial charge in [-0.05, 0) is 78.1 Å². The van der Waals surface area contributed by atoms with Crippen LogP contribution in [0.15, 0.2) is 42.5 Å². The van der Waals surface area contributed by atoms with Crippen LogP contribution in [0, 0.1) is 30.1 Å². The normalized spacial score (nSPS) is 16.0. The summed E-state index contributed by atoms with van der Waals surface area (Å²) < 4.78 is 22.9. The summed E-state index contributed by atoms with van der Waals surface area (Å²) in [5.74, 6) is 5.88. The molecule has 7 heteroatoms. The van der Waals surface area contributed by atoms with Gasteiger partial charge in [0, 0.05) is 5.56 Å². The van der Waals surface area contributed by atoms with Gasteiger partial charge in [0.2, 0.25) is 0 Å². The summed E-state index contributed by atoms with van der Waals surface area (Å²) in [7, 11) is 0. The van der Waals surface area contributed by atoms with Gasteiger partial charge in [0.25, 0.3) is 0 Å². The summed E-state index contributed by atoms with van der Waals surface area (Å²) >= 11 is 0. The van der Waals surface area contributed by atoms with Gasteiger partial charge in [-0.25, -0.2) is 4.79 Å². The third-order valence-corrected chi connectivity index (χ3v) is 5.57. The zero-order valence-electron chi connectivity index (χ0n) is 22.6. The first-order chi connectivity index (χ1) is 17.4. The highest BCUT2D eigenvalue weighted by Crippen LogP contribution is 2.25. The zero-order chi connectivity index (χ0) is 27.1. The van der Waals surface area contributed by atoms with Gasteiger partial charge >= 0.3 is 6.09 Å². The number of ether oxygens (including phenoxy) is 4. The fraction of sp³-hybridized carbons (Fsp3) is 0.467. The van der Waals surface area contributed by atoms with E-state index in [0.717, 1.165) is 12.8 Å². The molecular formula is C30H36N2O5. The van der Waals surface area contributed by atoms with Crippen molar-refractivity contribution in [3.8, 4) is 23.7 Å². The summed E-state index contributed by atoms with van der Waals surface area (Å²) in [6.07, 6.45) is 1.13. The second-order valence-corrected chi connectivity index (χ2v) is 10.7. The lowest BCUT2D eigenvalue weighted by atomic mass is 10.00. The Balaban J connectivity index is 1.70. The van der Waals surface area contributed by atoms with Gasteiger partial charge in [0.15, 0.2) is 11.3 Å². The number of amides is 1. The van der Waals surface area contributed by atoms with Crippen molar-refractivity contribution >= 4 is 6.09 Å². The van der Waals surface area contributed by atoms with E-state index in [1.165, 1.54) is 11.1 Å². The molecule has 0 spiro atoms. The predicted octanol–water partition coefficient (Wildman–Crippen LogP) is 5.28. The Bertz CT molecular complexity index is 1200. The largest absolute Gasteiger partial charge is 0.492 e. The minimum absolute atomic E-state index is 0.124. The van der Waals surface area contributed by atoms with Crippen LogP contribution in [0.5, 0.6) is 5.75 Å². The number of hydrogen-bond acceptors (Lipinski definition) is 6. The molecule has 0 bridgehead atoms. The van der Waals surface area contributed by atoms with Gasteiger partial charge in [-0.2, -0.15) is 5.26 Å². The smallest absolute Gasteiger partial charge is 0.409 e. The number of hydrogen-bond donors (Lipinski definition) is 1. The van der Waals surface area contributed by atoms with Crippen LogP contribution in [0.4, 0.5) is 4.79 Å². The average Bonchev–Trinajstić information content (AvgIpc) is 2.81. The third-order valence-electron chi connectivity index (χ3n) is 5.57. The summed E-state index contributed by atoms with van der Waals surface area (Å²) in [5, 5.41) is 12.5. The predicted molar refractivity (Wildman–Crippen MR) is 141 cm³/mol. The van der Waals surface area contributed by atoms with Crippen molar-refractivity contribution in [1.29, 1.82) is 5.26 Å². The van der Waals surface area contributed by atoms with Crippen LogP contribution in [-0.4, -0.2) is 42.8 Å². The molecule has 0 aromatic heterocycles. The fourth-order valence-corrected chi connectivity index (χ4v) is 3.69. The second kappa shape index (κ2) is 11.7. The molecule has 0 saturated carbocycles. The molecule has 1 saturated heterocycles. The van der Waals surface area contributed by atoms with Gasteiger partial charge in [-0.1, -0.05) is 41.7 Å². The molecule has 1 aliphatic heterocycles. The van der Waals surface area contributed by atoms with E-state index in [4.69, 9.17) is 18.9 Å². The summed E-state index contributed by atoms with van der Waals surface area (Å²) in [5.41, 5.74) is 1.75. The lowest BCUT2D eigenvalue weighted by Gasteiger charge is -2.41. The first kappa shape index (κ1) is 28.1. The Morgan fingerprint density at radius 2 is 1.86 bits per heavy atom. The highest BCUT2D eigenvalue weighted by Gasteiger charge is 2.41. The van der Waals surface area contributed by atoms with Gasteiger partial charge in [0.05, 0.1) is 25.4 Å². The molecule has 2 aromatic carbocycles. The fourth-order valence-electron chi connectivity index (χ4n) is 3.69. The standard InChI is InChI=1S/C30H36N2O5/c1-22-9-7-10-23(17-22)11-8-16-34-26-13-12-24(18-25(26)19-31)14-15-30(20-35-29(5,6)36-21-30)32-27(33)37-28(2,3)4/h7,9-10,12-13,17-18H,8,11,16,20-21H2,1-6H3,(H,32,33). The van der Waals surface area contributed by atoms with E-state index in [0.29, 0.717) is 23.5 Å². The Morgan fingerprint density at radius 1 is 1.14 bits per heavy atom. The monoisotopic (exact) mass is 504 g/mol. The SMILES string of the molecule is Cc1cccc(CCCOc2ccc(C#CC3(NC(=O)OC(C)(C)C)COC(C)(C)OC3)cc2C#N)c1. The Labute approximate surface area is 220 Å². The molecule has 1 heterocycles. The molecule has 7 nitrogen and oxygen atoms in total. The van der Waals surface area contributed by atoms with Gasteiger partial charge in [0.1, 0.15) is 17.4 Å². The summed E-state index contributed by atoms with van der Waals surface area (Å²) in [6.45, 7) is 11.8. The van der Waals surface area contributed by atoms with Crippen LogP contribution < -0.4 is 10.1 Å². The van der Waals surface area contributed by atoms with E-state index in [1.807, 2.05) is 0 Å². The topological polar surface area (TPSA) is 89.8 Å². The molecule has 1 fully saturated rings. The zero-order valence-corrected chi connectivity index (χ0v) is 22.6. The number of benzene rings is 2. The minimum atomic E-state index is -1.10. The van der Waals surface area contributed by atoms with Crippen molar-refractivity contribution in [1.82, 2.24) is 5.32 Å². The Hall–Kier alpha value is -3.52. The number of aryl methyl sites for hydroxylation is 2. The van der Waals surface area contributed by atoms with Crippen molar-refractivity contribution in [2.75, 3.05) is 19.8 Å². The van der Waals surface area contributed by atoms with Crippen molar-refractivity contribution in [2.45, 2.75) is 71.3 Å². The summed E-state index contributed by atoms with van der Waals surface area (Å²) in [6, 6.07) is 15.8. The van der Waals surface area contributed by atoms with Gasteiger partial charge < -0.3 is 24.3 Å². The molecule has 3 rings (SSSR count). The number of carbonyl (C=O) groups excluding carboxylic acids is 1. The van der Waals surface area contributed by atoms with Gasteiger partial charge in [-0.15, -0.1) is 0 Å². The number of nitrogens with one attached hydrogen (secondary N) is 1. The molecule has 196 valence electrons. The van der Waals surface area contributed by atoms with Crippen molar-refractivity contribution in [2.24, 2.45) is 0 Å². The molecule has 0 atom stereocenters. The number of alkyl carbamates (subject to hydrolysis) is 1. The van der Waals surface area contributed by atoms with E-state index in [2.05, 4.69) is 54.4 Å². The molecule has 1 aliphatic rings. The van der Waals surface area contributed by atoms with Crippen LogP contribution in [0.25, 0.3) is 0 Å². The highest BCUT2D eigenvalue weighted by molar-refractivity contribution is 5.70. The Morgan fingerprint density at radius 3 is 2.51 bits per heavy atom. The molecule has 1 N–H and O–H groups in total. The molecular weight excluding hydrogens is 468 g/mol. The van der Waals surface area contributed by atoms with Crippen LogP contribution in [-0.2, 0) is 20.6 Å². The first-order valence-electron chi connectivity index (χ1n) is 12.4. The molecule has 1 amide bonds. The lowest BCUT2D eigenvalue weighted by Crippen LogP contribution is -2.60. The number of nitrogens with zero attached hydrogens (tertiary/aromatic N) is 1. The van der Waals surface area contributed by atoms with E-state index in [1.54, 1.807) is 52.8 Å². The highest BCUT2D eigenvalue weighted by atomic mass is 16.7. The molecule has 0 radical (unpaired) electrons. The van der Waals surface area contributed by atoms with Crippen molar-refractivity contribution in [3.63, 3.8) is 0 Å². The second-order valence-electron chi connectivity index (χ2n) is 10.7.